The second-order valence-electron chi connectivity index (χ2n) is 7.50. The smallest absolute Gasteiger partial charge is 0.193 e. The van der Waals surface area contributed by atoms with Crippen molar-refractivity contribution in [3.8, 4) is 11.5 Å². The Bertz CT molecular complexity index is 642. The van der Waals surface area contributed by atoms with Crippen LogP contribution in [-0.2, 0) is 11.2 Å². The lowest BCUT2D eigenvalue weighted by atomic mass is 9.87. The van der Waals surface area contributed by atoms with Crippen molar-refractivity contribution in [2.45, 2.75) is 32.6 Å². The quantitative estimate of drug-likeness (QED) is 0.451. The maximum Gasteiger partial charge on any atom is 0.193 e. The van der Waals surface area contributed by atoms with Gasteiger partial charge in [-0.25, -0.2) is 0 Å². The van der Waals surface area contributed by atoms with Crippen molar-refractivity contribution in [3.63, 3.8) is 0 Å². The van der Waals surface area contributed by atoms with Crippen molar-refractivity contribution >= 4 is 5.96 Å². The molecule has 2 aliphatic rings. The number of ether oxygens (including phenoxy) is 3. The van der Waals surface area contributed by atoms with E-state index in [1.165, 1.54) is 18.4 Å². The number of nitrogens with one attached hydrogen (secondary N) is 1. The highest BCUT2D eigenvalue weighted by Gasteiger charge is 2.42. The minimum Gasteiger partial charge on any atom is -0.493 e. The molecule has 1 aromatic carbocycles. The van der Waals surface area contributed by atoms with Crippen LogP contribution in [0.2, 0.25) is 0 Å². The molecule has 1 unspecified atom stereocenters. The summed E-state index contributed by atoms with van der Waals surface area (Å²) in [7, 11) is 3.33. The third kappa shape index (κ3) is 4.86. The molecular weight excluding hydrogens is 342 g/mol. The Labute approximate surface area is 162 Å². The van der Waals surface area contributed by atoms with Gasteiger partial charge in [-0.05, 0) is 50.3 Å². The van der Waals surface area contributed by atoms with Crippen LogP contribution in [0.1, 0.15) is 31.7 Å². The topological polar surface area (TPSA) is 55.3 Å². The SMILES string of the molecule is CCNC(=NCCCc1ccc(OC)c(OC)c1)N1CCC2(CCOC2)C1. The average molecular weight is 376 g/mol. The molecule has 1 aromatic rings. The van der Waals surface area contributed by atoms with Gasteiger partial charge >= 0.3 is 0 Å². The third-order valence-electron chi connectivity index (χ3n) is 5.59. The molecule has 2 fully saturated rings. The molecule has 1 N–H and O–H groups in total. The lowest BCUT2D eigenvalue weighted by molar-refractivity contribution is 0.156. The molecule has 2 saturated heterocycles. The summed E-state index contributed by atoms with van der Waals surface area (Å²) in [5.41, 5.74) is 1.60. The van der Waals surface area contributed by atoms with Gasteiger partial charge in [-0.1, -0.05) is 6.07 Å². The van der Waals surface area contributed by atoms with E-state index in [9.17, 15) is 0 Å². The van der Waals surface area contributed by atoms with Crippen LogP contribution >= 0.6 is 0 Å². The summed E-state index contributed by atoms with van der Waals surface area (Å²) in [5.74, 6) is 2.61. The van der Waals surface area contributed by atoms with Gasteiger partial charge in [0, 0.05) is 38.2 Å². The standard InChI is InChI=1S/C21H33N3O3/c1-4-22-20(24-12-9-21(15-24)10-13-27-16-21)23-11-5-6-17-7-8-18(25-2)19(14-17)26-3/h7-8,14H,4-6,9-13,15-16H2,1-3H3,(H,22,23). The number of aliphatic imine (C=N–C) groups is 1. The number of guanidine groups is 1. The van der Waals surface area contributed by atoms with Crippen molar-refractivity contribution in [2.24, 2.45) is 10.4 Å². The molecule has 1 atom stereocenters. The second kappa shape index (κ2) is 9.31. The molecule has 0 saturated carbocycles. The van der Waals surface area contributed by atoms with Gasteiger partial charge in [-0.3, -0.25) is 4.99 Å². The summed E-state index contributed by atoms with van der Waals surface area (Å²) in [4.78, 5) is 7.29. The van der Waals surface area contributed by atoms with E-state index in [0.717, 1.165) is 69.7 Å². The van der Waals surface area contributed by atoms with Gasteiger partial charge in [-0.15, -0.1) is 0 Å². The van der Waals surface area contributed by atoms with Crippen molar-refractivity contribution in [1.82, 2.24) is 10.2 Å². The summed E-state index contributed by atoms with van der Waals surface area (Å²) in [6.07, 6.45) is 4.37. The normalized spacial score (nSPS) is 22.5. The molecule has 6 heteroatoms. The molecule has 6 nitrogen and oxygen atoms in total. The summed E-state index contributed by atoms with van der Waals surface area (Å²) >= 11 is 0. The maximum absolute atomic E-state index is 5.65. The Kier molecular flexibility index (Phi) is 6.83. The summed E-state index contributed by atoms with van der Waals surface area (Å²) in [6.45, 7) is 7.79. The van der Waals surface area contributed by atoms with Crippen LogP contribution in [0.25, 0.3) is 0 Å². The van der Waals surface area contributed by atoms with Crippen molar-refractivity contribution in [1.29, 1.82) is 0 Å². The van der Waals surface area contributed by atoms with Crippen LogP contribution in [0.5, 0.6) is 11.5 Å². The summed E-state index contributed by atoms with van der Waals surface area (Å²) < 4.78 is 16.3. The molecule has 0 radical (unpaired) electrons. The van der Waals surface area contributed by atoms with E-state index >= 15 is 0 Å². The highest BCUT2D eigenvalue weighted by atomic mass is 16.5. The van der Waals surface area contributed by atoms with Gasteiger partial charge in [0.1, 0.15) is 0 Å². The second-order valence-corrected chi connectivity index (χ2v) is 7.50. The molecule has 0 aliphatic carbocycles. The van der Waals surface area contributed by atoms with E-state index in [2.05, 4.69) is 29.3 Å². The molecule has 2 heterocycles. The van der Waals surface area contributed by atoms with Crippen LogP contribution in [0.3, 0.4) is 0 Å². The Morgan fingerprint density at radius 1 is 1.26 bits per heavy atom. The van der Waals surface area contributed by atoms with Gasteiger partial charge in [0.25, 0.3) is 0 Å². The van der Waals surface area contributed by atoms with Crippen LogP contribution < -0.4 is 14.8 Å². The maximum atomic E-state index is 5.65. The fourth-order valence-corrected chi connectivity index (χ4v) is 4.02. The van der Waals surface area contributed by atoms with E-state index in [0.29, 0.717) is 5.41 Å². The number of nitrogens with zero attached hydrogens (tertiary/aromatic N) is 2. The molecule has 2 aliphatic heterocycles. The fraction of sp³-hybridized carbons (Fsp3) is 0.667. The van der Waals surface area contributed by atoms with Crippen LogP contribution in [0.4, 0.5) is 0 Å². The fourth-order valence-electron chi connectivity index (χ4n) is 4.02. The Hall–Kier alpha value is -1.95. The zero-order valence-electron chi connectivity index (χ0n) is 16.9. The molecule has 0 amide bonds. The predicted molar refractivity (Wildman–Crippen MR) is 108 cm³/mol. The van der Waals surface area contributed by atoms with Gasteiger partial charge < -0.3 is 24.4 Å². The Morgan fingerprint density at radius 2 is 2.11 bits per heavy atom. The number of aryl methyl sites for hydroxylation is 1. The highest BCUT2D eigenvalue weighted by Crippen LogP contribution is 2.38. The zero-order valence-corrected chi connectivity index (χ0v) is 16.9. The number of benzene rings is 1. The van der Waals surface area contributed by atoms with Crippen LogP contribution in [0, 0.1) is 5.41 Å². The Balaban J connectivity index is 1.53. The van der Waals surface area contributed by atoms with Crippen molar-refractivity contribution in [3.05, 3.63) is 23.8 Å². The molecule has 3 rings (SSSR count). The first-order valence-electron chi connectivity index (χ1n) is 10.0. The minimum absolute atomic E-state index is 0.357. The largest absolute Gasteiger partial charge is 0.493 e. The first kappa shape index (κ1) is 19.8. The number of hydrogen-bond donors (Lipinski definition) is 1. The number of hydrogen-bond acceptors (Lipinski definition) is 4. The van der Waals surface area contributed by atoms with Gasteiger partial charge in [0.15, 0.2) is 17.5 Å². The van der Waals surface area contributed by atoms with Gasteiger partial charge in [0.05, 0.1) is 20.8 Å². The zero-order chi connectivity index (χ0) is 19.1. The van der Waals surface area contributed by atoms with E-state index in [4.69, 9.17) is 19.2 Å². The molecule has 0 bridgehead atoms. The molecule has 27 heavy (non-hydrogen) atoms. The first-order valence-corrected chi connectivity index (χ1v) is 10.0. The number of likely N-dealkylation sites (tertiary alicyclic amines) is 1. The van der Waals surface area contributed by atoms with E-state index in [1.54, 1.807) is 14.2 Å². The van der Waals surface area contributed by atoms with Gasteiger partial charge in [-0.2, -0.15) is 0 Å². The van der Waals surface area contributed by atoms with Crippen LogP contribution in [-0.4, -0.2) is 64.5 Å². The number of methoxy groups -OCH3 is 2. The van der Waals surface area contributed by atoms with E-state index in [1.807, 2.05) is 6.07 Å². The lowest BCUT2D eigenvalue weighted by Crippen LogP contribution is -2.41. The van der Waals surface area contributed by atoms with E-state index < -0.39 is 0 Å². The summed E-state index contributed by atoms with van der Waals surface area (Å²) in [6, 6.07) is 6.12. The monoisotopic (exact) mass is 375 g/mol. The molecule has 150 valence electrons. The van der Waals surface area contributed by atoms with Crippen molar-refractivity contribution < 1.29 is 14.2 Å². The molecule has 1 spiro atoms. The predicted octanol–water partition coefficient (Wildman–Crippen LogP) is 2.71. The lowest BCUT2D eigenvalue weighted by Gasteiger charge is -2.25. The van der Waals surface area contributed by atoms with Crippen molar-refractivity contribution in [2.75, 3.05) is 53.6 Å². The van der Waals surface area contributed by atoms with Crippen LogP contribution in [0.15, 0.2) is 23.2 Å². The number of rotatable bonds is 7. The van der Waals surface area contributed by atoms with E-state index in [-0.39, 0.29) is 0 Å². The first-order chi connectivity index (χ1) is 13.2. The average Bonchev–Trinajstić information content (AvgIpc) is 3.34. The highest BCUT2D eigenvalue weighted by molar-refractivity contribution is 5.80. The molecule has 0 aromatic heterocycles. The minimum atomic E-state index is 0.357. The van der Waals surface area contributed by atoms with Gasteiger partial charge in [0.2, 0.25) is 0 Å². The molecular formula is C21H33N3O3. The Morgan fingerprint density at radius 3 is 2.81 bits per heavy atom. The third-order valence-corrected chi connectivity index (χ3v) is 5.59. The summed E-state index contributed by atoms with van der Waals surface area (Å²) in [5, 5.41) is 3.46.